The highest BCUT2D eigenvalue weighted by atomic mass is 32.1. The van der Waals surface area contributed by atoms with E-state index in [2.05, 4.69) is 35.8 Å². The maximum Gasteiger partial charge on any atom is 0.122 e. The first-order chi connectivity index (χ1) is 8.38. The van der Waals surface area contributed by atoms with Crippen molar-refractivity contribution in [2.24, 2.45) is 0 Å². The molecule has 0 aliphatic carbocycles. The second-order valence-electron chi connectivity index (χ2n) is 3.80. The first-order valence-corrected chi connectivity index (χ1v) is 6.71. The van der Waals surface area contributed by atoms with Gasteiger partial charge in [0.25, 0.3) is 0 Å². The minimum absolute atomic E-state index is 0.655. The SMILES string of the molecule is CCNCc1cccc(OCc2cccs2)c1. The zero-order valence-electron chi connectivity index (χ0n) is 9.98. The Kier molecular flexibility index (Phi) is 4.59. The predicted octanol–water partition coefficient (Wildman–Crippen LogP) is 3.44. The van der Waals surface area contributed by atoms with Crippen molar-refractivity contribution in [3.8, 4) is 5.75 Å². The van der Waals surface area contributed by atoms with Crippen molar-refractivity contribution < 1.29 is 4.74 Å². The molecule has 0 amide bonds. The maximum atomic E-state index is 5.75. The van der Waals surface area contributed by atoms with E-state index in [1.54, 1.807) is 11.3 Å². The van der Waals surface area contributed by atoms with Crippen LogP contribution in [-0.4, -0.2) is 6.54 Å². The van der Waals surface area contributed by atoms with E-state index >= 15 is 0 Å². The van der Waals surface area contributed by atoms with Gasteiger partial charge in [0.2, 0.25) is 0 Å². The van der Waals surface area contributed by atoms with Gasteiger partial charge in [-0.3, -0.25) is 0 Å². The summed E-state index contributed by atoms with van der Waals surface area (Å²) in [7, 11) is 0. The van der Waals surface area contributed by atoms with Crippen molar-refractivity contribution in [2.45, 2.75) is 20.1 Å². The largest absolute Gasteiger partial charge is 0.488 e. The third kappa shape index (κ3) is 3.88. The zero-order chi connectivity index (χ0) is 11.9. The monoisotopic (exact) mass is 247 g/mol. The van der Waals surface area contributed by atoms with E-state index in [9.17, 15) is 0 Å². The lowest BCUT2D eigenvalue weighted by Crippen LogP contribution is -2.11. The number of hydrogen-bond donors (Lipinski definition) is 1. The lowest BCUT2D eigenvalue weighted by atomic mass is 10.2. The Morgan fingerprint density at radius 2 is 2.18 bits per heavy atom. The number of benzene rings is 1. The molecule has 1 aromatic heterocycles. The fraction of sp³-hybridized carbons (Fsp3) is 0.286. The van der Waals surface area contributed by atoms with E-state index in [0.717, 1.165) is 18.8 Å². The van der Waals surface area contributed by atoms with Gasteiger partial charge in [0.05, 0.1) is 0 Å². The minimum atomic E-state index is 0.655. The fourth-order valence-electron chi connectivity index (χ4n) is 1.56. The van der Waals surface area contributed by atoms with Crippen LogP contribution in [0.3, 0.4) is 0 Å². The Labute approximate surface area is 106 Å². The molecular formula is C14H17NOS. The quantitative estimate of drug-likeness (QED) is 0.844. The van der Waals surface area contributed by atoms with Gasteiger partial charge >= 0.3 is 0 Å². The van der Waals surface area contributed by atoms with Crippen LogP contribution in [0.25, 0.3) is 0 Å². The van der Waals surface area contributed by atoms with Crippen molar-refractivity contribution >= 4 is 11.3 Å². The summed E-state index contributed by atoms with van der Waals surface area (Å²) in [5.74, 6) is 0.939. The number of ether oxygens (including phenoxy) is 1. The van der Waals surface area contributed by atoms with Gasteiger partial charge in [0.1, 0.15) is 12.4 Å². The van der Waals surface area contributed by atoms with E-state index < -0.39 is 0 Å². The molecule has 1 aromatic carbocycles. The average Bonchev–Trinajstić information content (AvgIpc) is 2.87. The zero-order valence-corrected chi connectivity index (χ0v) is 10.8. The number of nitrogens with one attached hydrogen (secondary N) is 1. The highest BCUT2D eigenvalue weighted by molar-refractivity contribution is 7.09. The third-order valence-corrected chi connectivity index (χ3v) is 3.29. The summed E-state index contributed by atoms with van der Waals surface area (Å²) in [5, 5.41) is 5.38. The van der Waals surface area contributed by atoms with Crippen molar-refractivity contribution in [2.75, 3.05) is 6.54 Å². The second kappa shape index (κ2) is 6.42. The standard InChI is InChI=1S/C14H17NOS/c1-2-15-10-12-5-3-6-13(9-12)16-11-14-7-4-8-17-14/h3-9,15H,2,10-11H2,1H3. The highest BCUT2D eigenvalue weighted by Crippen LogP contribution is 2.17. The molecule has 0 aliphatic rings. The van der Waals surface area contributed by atoms with Gasteiger partial charge in [-0.25, -0.2) is 0 Å². The summed E-state index contributed by atoms with van der Waals surface area (Å²) in [4.78, 5) is 1.25. The molecule has 0 atom stereocenters. The van der Waals surface area contributed by atoms with Gasteiger partial charge in [-0.2, -0.15) is 0 Å². The minimum Gasteiger partial charge on any atom is -0.488 e. The van der Waals surface area contributed by atoms with Crippen LogP contribution in [0, 0.1) is 0 Å². The Morgan fingerprint density at radius 1 is 1.24 bits per heavy atom. The van der Waals surface area contributed by atoms with E-state index in [1.165, 1.54) is 10.4 Å². The summed E-state index contributed by atoms with van der Waals surface area (Å²) >= 11 is 1.72. The molecule has 2 nitrogen and oxygen atoms in total. The van der Waals surface area contributed by atoms with Crippen LogP contribution in [-0.2, 0) is 13.2 Å². The summed E-state index contributed by atoms with van der Waals surface area (Å²) in [5.41, 5.74) is 1.26. The lowest BCUT2D eigenvalue weighted by molar-refractivity contribution is 0.309. The van der Waals surface area contributed by atoms with E-state index in [1.807, 2.05) is 18.2 Å². The summed E-state index contributed by atoms with van der Waals surface area (Å²) in [6, 6.07) is 12.4. The molecule has 0 fully saturated rings. The van der Waals surface area contributed by atoms with Crippen molar-refractivity contribution in [1.29, 1.82) is 0 Å². The summed E-state index contributed by atoms with van der Waals surface area (Å²) < 4.78 is 5.75. The van der Waals surface area contributed by atoms with Crippen LogP contribution in [0.2, 0.25) is 0 Å². The Morgan fingerprint density at radius 3 is 2.94 bits per heavy atom. The Balaban J connectivity index is 1.91. The molecule has 1 heterocycles. The van der Waals surface area contributed by atoms with Crippen LogP contribution in [0.1, 0.15) is 17.4 Å². The molecule has 0 bridgehead atoms. The Hall–Kier alpha value is -1.32. The van der Waals surface area contributed by atoms with Crippen LogP contribution >= 0.6 is 11.3 Å². The molecule has 0 unspecified atom stereocenters. The van der Waals surface area contributed by atoms with Crippen LogP contribution in [0.5, 0.6) is 5.75 Å². The number of hydrogen-bond acceptors (Lipinski definition) is 3. The smallest absolute Gasteiger partial charge is 0.122 e. The molecular weight excluding hydrogens is 230 g/mol. The molecule has 0 aliphatic heterocycles. The molecule has 2 rings (SSSR count). The van der Waals surface area contributed by atoms with Crippen molar-refractivity contribution in [3.63, 3.8) is 0 Å². The molecule has 90 valence electrons. The van der Waals surface area contributed by atoms with Gasteiger partial charge in [-0.15, -0.1) is 11.3 Å². The fourth-order valence-corrected chi connectivity index (χ4v) is 2.18. The molecule has 17 heavy (non-hydrogen) atoms. The van der Waals surface area contributed by atoms with Crippen molar-refractivity contribution in [1.82, 2.24) is 5.32 Å². The number of thiophene rings is 1. The first-order valence-electron chi connectivity index (χ1n) is 5.83. The molecule has 0 saturated carbocycles. The summed E-state index contributed by atoms with van der Waals surface area (Å²) in [6.45, 7) is 4.65. The molecule has 0 spiro atoms. The average molecular weight is 247 g/mol. The predicted molar refractivity (Wildman–Crippen MR) is 72.5 cm³/mol. The van der Waals surface area contributed by atoms with Crippen LogP contribution < -0.4 is 10.1 Å². The van der Waals surface area contributed by atoms with E-state index in [-0.39, 0.29) is 0 Å². The van der Waals surface area contributed by atoms with Gasteiger partial charge in [-0.05, 0) is 35.7 Å². The van der Waals surface area contributed by atoms with Crippen molar-refractivity contribution in [3.05, 3.63) is 52.2 Å². The molecule has 0 radical (unpaired) electrons. The molecule has 0 saturated heterocycles. The lowest BCUT2D eigenvalue weighted by Gasteiger charge is -2.07. The molecule has 3 heteroatoms. The number of rotatable bonds is 6. The van der Waals surface area contributed by atoms with Gasteiger partial charge in [-0.1, -0.05) is 25.1 Å². The highest BCUT2D eigenvalue weighted by Gasteiger charge is 1.98. The molecule has 2 aromatic rings. The molecule has 1 N–H and O–H groups in total. The normalized spacial score (nSPS) is 10.4. The third-order valence-electron chi connectivity index (χ3n) is 2.44. The van der Waals surface area contributed by atoms with Gasteiger partial charge in [0.15, 0.2) is 0 Å². The van der Waals surface area contributed by atoms with Crippen LogP contribution in [0.4, 0.5) is 0 Å². The topological polar surface area (TPSA) is 21.3 Å². The first kappa shape index (κ1) is 12.1. The summed E-state index contributed by atoms with van der Waals surface area (Å²) in [6.07, 6.45) is 0. The maximum absolute atomic E-state index is 5.75. The Bertz CT molecular complexity index is 439. The van der Waals surface area contributed by atoms with Gasteiger partial charge < -0.3 is 10.1 Å². The second-order valence-corrected chi connectivity index (χ2v) is 4.83. The van der Waals surface area contributed by atoms with Crippen LogP contribution in [0.15, 0.2) is 41.8 Å². The van der Waals surface area contributed by atoms with Gasteiger partial charge in [0, 0.05) is 11.4 Å². The van der Waals surface area contributed by atoms with E-state index in [4.69, 9.17) is 4.74 Å². The van der Waals surface area contributed by atoms with E-state index in [0.29, 0.717) is 6.61 Å².